The summed E-state index contributed by atoms with van der Waals surface area (Å²) in [6.07, 6.45) is 1.83. The lowest BCUT2D eigenvalue weighted by atomic mass is 10.1. The van der Waals surface area contributed by atoms with Crippen molar-refractivity contribution in [2.24, 2.45) is 0 Å². The first-order chi connectivity index (χ1) is 7.27. The van der Waals surface area contributed by atoms with Gasteiger partial charge in [-0.2, -0.15) is 0 Å². The van der Waals surface area contributed by atoms with E-state index in [0.29, 0.717) is 11.0 Å². The Morgan fingerprint density at radius 1 is 1.27 bits per heavy atom. The van der Waals surface area contributed by atoms with Crippen molar-refractivity contribution in [2.75, 3.05) is 0 Å². The highest BCUT2D eigenvalue weighted by Gasteiger charge is 2.09. The second kappa shape index (κ2) is 2.73. The van der Waals surface area contributed by atoms with Gasteiger partial charge in [0, 0.05) is 11.6 Å². The number of nitrogens with one attached hydrogen (secondary N) is 1. The first-order valence-corrected chi connectivity index (χ1v) is 4.77. The van der Waals surface area contributed by atoms with Gasteiger partial charge in [0.05, 0.1) is 10.9 Å². The number of aromatic amines is 1. The largest absolute Gasteiger partial charge is 0.422 e. The minimum atomic E-state index is -0.276. The second-order valence-corrected chi connectivity index (χ2v) is 3.61. The van der Waals surface area contributed by atoms with Gasteiger partial charge in [0.2, 0.25) is 0 Å². The fourth-order valence-corrected chi connectivity index (χ4v) is 1.91. The van der Waals surface area contributed by atoms with E-state index < -0.39 is 0 Å². The Hall–Kier alpha value is -2.03. The molecule has 2 heterocycles. The Kier molecular flexibility index (Phi) is 1.51. The summed E-state index contributed by atoms with van der Waals surface area (Å²) in [6, 6.07) is 7.52. The number of H-pyrrole nitrogens is 1. The second-order valence-electron chi connectivity index (χ2n) is 3.61. The van der Waals surface area contributed by atoms with E-state index in [-0.39, 0.29) is 5.63 Å². The van der Waals surface area contributed by atoms with Crippen LogP contribution in [-0.4, -0.2) is 4.98 Å². The van der Waals surface area contributed by atoms with Gasteiger partial charge in [0.25, 0.3) is 0 Å². The summed E-state index contributed by atoms with van der Waals surface area (Å²) in [7, 11) is 0. The summed E-state index contributed by atoms with van der Waals surface area (Å²) < 4.78 is 5.24. The highest BCUT2D eigenvalue weighted by atomic mass is 16.4. The molecule has 3 heteroatoms. The van der Waals surface area contributed by atoms with Crippen LogP contribution in [0, 0.1) is 6.92 Å². The zero-order valence-electron chi connectivity index (χ0n) is 8.20. The van der Waals surface area contributed by atoms with Crippen molar-refractivity contribution < 1.29 is 4.42 Å². The molecule has 0 spiro atoms. The molecule has 74 valence electrons. The third kappa shape index (κ3) is 1.03. The van der Waals surface area contributed by atoms with Gasteiger partial charge in [0.1, 0.15) is 5.58 Å². The van der Waals surface area contributed by atoms with Crippen LogP contribution in [0.4, 0.5) is 0 Å². The van der Waals surface area contributed by atoms with Crippen molar-refractivity contribution in [3.8, 4) is 0 Å². The fourth-order valence-electron chi connectivity index (χ4n) is 1.91. The molecule has 1 N–H and O–H groups in total. The maximum atomic E-state index is 11.7. The van der Waals surface area contributed by atoms with Crippen LogP contribution in [-0.2, 0) is 0 Å². The van der Waals surface area contributed by atoms with Gasteiger partial charge in [-0.1, -0.05) is 12.1 Å². The molecule has 3 aromatic rings. The predicted octanol–water partition coefficient (Wildman–Crippen LogP) is 2.58. The van der Waals surface area contributed by atoms with Crippen LogP contribution in [0.5, 0.6) is 0 Å². The van der Waals surface area contributed by atoms with Crippen molar-refractivity contribution in [3.63, 3.8) is 0 Å². The Morgan fingerprint density at radius 2 is 2.07 bits per heavy atom. The van der Waals surface area contributed by atoms with Crippen molar-refractivity contribution >= 4 is 21.9 Å². The number of aryl methyl sites for hydroxylation is 1. The highest BCUT2D eigenvalue weighted by molar-refractivity contribution is 6.03. The lowest BCUT2D eigenvalue weighted by molar-refractivity contribution is 0.569. The van der Waals surface area contributed by atoms with Gasteiger partial charge < -0.3 is 9.40 Å². The number of benzene rings is 1. The number of fused-ring (bicyclic) bond motifs is 3. The van der Waals surface area contributed by atoms with Crippen molar-refractivity contribution in [3.05, 3.63) is 46.4 Å². The molecular formula is C12H9NO2. The smallest absolute Gasteiger partial charge is 0.346 e. The molecule has 0 aliphatic heterocycles. The minimum absolute atomic E-state index is 0.276. The summed E-state index contributed by atoms with van der Waals surface area (Å²) >= 11 is 0. The molecular weight excluding hydrogens is 190 g/mol. The first kappa shape index (κ1) is 8.29. The molecule has 0 saturated carbocycles. The third-order valence-corrected chi connectivity index (χ3v) is 2.64. The van der Waals surface area contributed by atoms with Crippen LogP contribution in [0.1, 0.15) is 5.56 Å². The van der Waals surface area contributed by atoms with E-state index in [1.807, 2.05) is 31.3 Å². The molecule has 0 bridgehead atoms. The monoisotopic (exact) mass is 199 g/mol. The standard InChI is InChI=1S/C12H9NO2/c1-7-6-13-11-8-4-2-3-5-9(8)15-12(14)10(7)11/h2-6,13H,1H3. The van der Waals surface area contributed by atoms with Gasteiger partial charge in [-0.25, -0.2) is 4.79 Å². The zero-order chi connectivity index (χ0) is 10.4. The quantitative estimate of drug-likeness (QED) is 0.565. The maximum Gasteiger partial charge on any atom is 0.346 e. The molecule has 15 heavy (non-hydrogen) atoms. The van der Waals surface area contributed by atoms with Crippen molar-refractivity contribution in [1.82, 2.24) is 4.98 Å². The molecule has 0 saturated heterocycles. The van der Waals surface area contributed by atoms with Crippen LogP contribution >= 0.6 is 0 Å². The van der Waals surface area contributed by atoms with E-state index in [4.69, 9.17) is 4.42 Å². The zero-order valence-corrected chi connectivity index (χ0v) is 8.20. The van der Waals surface area contributed by atoms with E-state index >= 15 is 0 Å². The topological polar surface area (TPSA) is 46.0 Å². The van der Waals surface area contributed by atoms with E-state index in [1.165, 1.54) is 0 Å². The third-order valence-electron chi connectivity index (χ3n) is 2.64. The molecule has 3 nitrogen and oxygen atoms in total. The fraction of sp³-hybridized carbons (Fsp3) is 0.0833. The van der Waals surface area contributed by atoms with E-state index in [9.17, 15) is 4.79 Å². The summed E-state index contributed by atoms with van der Waals surface area (Å²) in [6.45, 7) is 1.89. The van der Waals surface area contributed by atoms with Gasteiger partial charge in [-0.3, -0.25) is 0 Å². The van der Waals surface area contributed by atoms with Crippen LogP contribution < -0.4 is 5.63 Å². The predicted molar refractivity (Wildman–Crippen MR) is 59.1 cm³/mol. The summed E-state index contributed by atoms with van der Waals surface area (Å²) in [5, 5.41) is 1.59. The lowest BCUT2D eigenvalue weighted by Crippen LogP contribution is -1.99. The molecule has 3 rings (SSSR count). The molecule has 0 aliphatic carbocycles. The van der Waals surface area contributed by atoms with Gasteiger partial charge in [-0.15, -0.1) is 0 Å². The SMILES string of the molecule is Cc1c[nH]c2c1c(=O)oc1ccccc12. The Bertz CT molecular complexity index is 706. The number of hydrogen-bond donors (Lipinski definition) is 1. The molecule has 0 amide bonds. The Balaban J connectivity index is 2.71. The Labute approximate surface area is 85.3 Å². The average molecular weight is 199 g/mol. The van der Waals surface area contributed by atoms with E-state index in [2.05, 4.69) is 4.98 Å². The molecule has 0 unspecified atom stereocenters. The molecule has 0 aliphatic rings. The van der Waals surface area contributed by atoms with Crippen molar-refractivity contribution in [1.29, 1.82) is 0 Å². The van der Waals surface area contributed by atoms with E-state index in [1.54, 1.807) is 6.07 Å². The summed E-state index contributed by atoms with van der Waals surface area (Å²) in [5.41, 5.74) is 2.13. The summed E-state index contributed by atoms with van der Waals surface area (Å²) in [5.74, 6) is 0. The van der Waals surface area contributed by atoms with Crippen LogP contribution in [0.2, 0.25) is 0 Å². The number of para-hydroxylation sites is 1. The molecule has 0 atom stereocenters. The van der Waals surface area contributed by atoms with E-state index in [0.717, 1.165) is 16.5 Å². The lowest BCUT2D eigenvalue weighted by Gasteiger charge is -1.97. The number of aromatic nitrogens is 1. The minimum Gasteiger partial charge on any atom is -0.422 e. The van der Waals surface area contributed by atoms with Crippen LogP contribution in [0.25, 0.3) is 21.9 Å². The van der Waals surface area contributed by atoms with Crippen LogP contribution in [0.3, 0.4) is 0 Å². The summed E-state index contributed by atoms with van der Waals surface area (Å²) in [4.78, 5) is 14.8. The Morgan fingerprint density at radius 3 is 2.93 bits per heavy atom. The highest BCUT2D eigenvalue weighted by Crippen LogP contribution is 2.22. The van der Waals surface area contributed by atoms with Gasteiger partial charge in [0.15, 0.2) is 0 Å². The van der Waals surface area contributed by atoms with Gasteiger partial charge in [-0.05, 0) is 24.6 Å². The maximum absolute atomic E-state index is 11.7. The number of rotatable bonds is 0. The molecule has 1 aromatic carbocycles. The van der Waals surface area contributed by atoms with Crippen LogP contribution in [0.15, 0.2) is 39.7 Å². The normalized spacial score (nSPS) is 11.3. The van der Waals surface area contributed by atoms with Crippen molar-refractivity contribution in [2.45, 2.75) is 6.92 Å². The van der Waals surface area contributed by atoms with Gasteiger partial charge >= 0.3 is 5.63 Å². The number of hydrogen-bond acceptors (Lipinski definition) is 2. The average Bonchev–Trinajstić information content (AvgIpc) is 2.62. The molecule has 0 radical (unpaired) electrons. The molecule has 2 aromatic heterocycles. The molecule has 0 fully saturated rings. The first-order valence-electron chi connectivity index (χ1n) is 4.77.